The number of halogens is 4. The molecule has 3 aliphatic rings. The summed E-state index contributed by atoms with van der Waals surface area (Å²) in [5, 5.41) is 0.835. The Morgan fingerprint density at radius 2 is 1.97 bits per heavy atom. The summed E-state index contributed by atoms with van der Waals surface area (Å²) < 4.78 is 21.4. The van der Waals surface area contributed by atoms with Gasteiger partial charge in [-0.25, -0.2) is 0 Å². The van der Waals surface area contributed by atoms with E-state index in [9.17, 15) is 0 Å². The first-order valence-corrected chi connectivity index (χ1v) is 12.6. The maximum Gasteiger partial charge on any atom is 0.231 e. The maximum atomic E-state index is 6.62. The summed E-state index contributed by atoms with van der Waals surface area (Å²) in [5.41, 5.74) is 5.00. The SMILES string of the molecule is COc1ccc2c(c1OCCCBr)[C@H](C(Cl)(Cl)Cl)N1CCc3cc4c(cc3C1=C2)OCO4. The molecule has 0 radical (unpaired) electrons. The number of ether oxygens (including phenoxy) is 4. The normalized spacial score (nSPS) is 18.5. The zero-order chi connectivity index (χ0) is 22.5. The highest BCUT2D eigenvalue weighted by molar-refractivity contribution is 9.09. The van der Waals surface area contributed by atoms with Crippen molar-refractivity contribution >= 4 is 62.5 Å². The van der Waals surface area contributed by atoms with E-state index in [1.165, 1.54) is 5.56 Å². The van der Waals surface area contributed by atoms with E-state index in [0.29, 0.717) is 24.7 Å². The second-order valence-electron chi connectivity index (χ2n) is 7.77. The minimum absolute atomic E-state index is 0.232. The smallest absolute Gasteiger partial charge is 0.231 e. The maximum absolute atomic E-state index is 6.62. The molecule has 0 aliphatic carbocycles. The largest absolute Gasteiger partial charge is 0.493 e. The van der Waals surface area contributed by atoms with Crippen LogP contribution in [0.25, 0.3) is 11.8 Å². The topological polar surface area (TPSA) is 40.2 Å². The highest BCUT2D eigenvalue weighted by Gasteiger charge is 2.46. The van der Waals surface area contributed by atoms with Crippen molar-refractivity contribution in [3.05, 3.63) is 46.5 Å². The second kappa shape index (κ2) is 8.71. The summed E-state index contributed by atoms with van der Waals surface area (Å²) in [6.45, 7) is 1.44. The Hall–Kier alpha value is -1.47. The lowest BCUT2D eigenvalue weighted by Gasteiger charge is -2.45. The van der Waals surface area contributed by atoms with E-state index in [-0.39, 0.29) is 6.79 Å². The standard InChI is InChI=1S/C23H21BrCl3NO4/c1-29-17-4-3-14-9-16-15-11-19-18(31-12-32-19)10-13(15)5-7-28(16)22(23(25,26)27)20(14)21(17)30-8-2-6-24/h3-4,9-11,22H,2,5-8,12H2,1H3/t22-/m1/s1. The molecule has 2 aromatic carbocycles. The van der Waals surface area contributed by atoms with E-state index in [2.05, 4.69) is 33.0 Å². The molecule has 0 saturated heterocycles. The predicted octanol–water partition coefficient (Wildman–Crippen LogP) is 6.37. The Kier molecular flexibility index (Phi) is 6.08. The molecule has 0 N–H and O–H groups in total. The molecule has 9 heteroatoms. The van der Waals surface area contributed by atoms with Gasteiger partial charge in [0.05, 0.1) is 13.7 Å². The number of hydrogen-bond acceptors (Lipinski definition) is 5. The molecule has 0 saturated carbocycles. The zero-order valence-electron chi connectivity index (χ0n) is 17.3. The molecule has 32 heavy (non-hydrogen) atoms. The van der Waals surface area contributed by atoms with E-state index in [1.54, 1.807) is 7.11 Å². The average molecular weight is 562 g/mol. The molecular weight excluding hydrogens is 541 g/mol. The average Bonchev–Trinajstić information content (AvgIpc) is 3.23. The van der Waals surface area contributed by atoms with Crippen LogP contribution in [0.15, 0.2) is 24.3 Å². The molecule has 2 aromatic rings. The number of benzene rings is 2. The Balaban J connectivity index is 1.69. The quantitative estimate of drug-likeness (QED) is 0.314. The fourth-order valence-corrected chi connectivity index (χ4v) is 5.47. The third-order valence-electron chi connectivity index (χ3n) is 5.93. The number of fused-ring (bicyclic) bond motifs is 5. The highest BCUT2D eigenvalue weighted by Crippen LogP contribution is 2.56. The molecule has 3 aliphatic heterocycles. The molecule has 5 nitrogen and oxygen atoms in total. The highest BCUT2D eigenvalue weighted by atomic mass is 79.9. The molecule has 3 heterocycles. The molecule has 0 amide bonds. The van der Waals surface area contributed by atoms with E-state index in [4.69, 9.17) is 53.8 Å². The summed E-state index contributed by atoms with van der Waals surface area (Å²) in [4.78, 5) is 2.15. The number of alkyl halides is 4. The second-order valence-corrected chi connectivity index (χ2v) is 10.9. The summed E-state index contributed by atoms with van der Waals surface area (Å²) in [6.07, 6.45) is 3.76. The monoisotopic (exact) mass is 559 g/mol. The van der Waals surface area contributed by atoms with Crippen LogP contribution in [0.3, 0.4) is 0 Å². The summed E-state index contributed by atoms with van der Waals surface area (Å²) >= 11 is 23.3. The zero-order valence-corrected chi connectivity index (χ0v) is 21.2. The van der Waals surface area contributed by atoms with Gasteiger partial charge in [-0.3, -0.25) is 0 Å². The molecule has 0 unspecified atom stereocenters. The third-order valence-corrected chi connectivity index (χ3v) is 7.11. The minimum Gasteiger partial charge on any atom is -0.493 e. The van der Waals surface area contributed by atoms with Crippen LogP contribution in [0, 0.1) is 0 Å². The van der Waals surface area contributed by atoms with E-state index < -0.39 is 9.83 Å². The van der Waals surface area contributed by atoms with E-state index in [0.717, 1.165) is 52.1 Å². The van der Waals surface area contributed by atoms with Gasteiger partial charge in [0, 0.05) is 28.7 Å². The van der Waals surface area contributed by atoms with Gasteiger partial charge < -0.3 is 23.8 Å². The third kappa shape index (κ3) is 3.79. The molecule has 1 atom stereocenters. The predicted molar refractivity (Wildman–Crippen MR) is 131 cm³/mol. The Morgan fingerprint density at radius 1 is 1.19 bits per heavy atom. The Labute approximate surface area is 210 Å². The van der Waals surface area contributed by atoms with Crippen LogP contribution < -0.4 is 18.9 Å². The van der Waals surface area contributed by atoms with Gasteiger partial charge in [0.2, 0.25) is 10.6 Å². The minimum atomic E-state index is -1.60. The van der Waals surface area contributed by atoms with Crippen LogP contribution in [0.4, 0.5) is 0 Å². The van der Waals surface area contributed by atoms with Crippen LogP contribution in [-0.4, -0.2) is 41.1 Å². The molecule has 0 fully saturated rings. The van der Waals surface area contributed by atoms with Crippen molar-refractivity contribution in [1.29, 1.82) is 0 Å². The molecule has 0 bridgehead atoms. The van der Waals surface area contributed by atoms with Gasteiger partial charge in [0.1, 0.15) is 6.04 Å². The molecule has 0 aromatic heterocycles. The van der Waals surface area contributed by atoms with Crippen molar-refractivity contribution in [3.63, 3.8) is 0 Å². The lowest BCUT2D eigenvalue weighted by molar-refractivity contribution is 0.174. The Bertz CT molecular complexity index is 1090. The van der Waals surface area contributed by atoms with Gasteiger partial charge in [-0.1, -0.05) is 56.8 Å². The number of hydrogen-bond donors (Lipinski definition) is 0. The lowest BCUT2D eigenvalue weighted by atomic mass is 9.86. The molecule has 5 rings (SSSR count). The van der Waals surface area contributed by atoms with Gasteiger partial charge >= 0.3 is 0 Å². The van der Waals surface area contributed by atoms with Crippen LogP contribution in [0.5, 0.6) is 23.0 Å². The lowest BCUT2D eigenvalue weighted by Crippen LogP contribution is -2.41. The van der Waals surface area contributed by atoms with Gasteiger partial charge in [-0.15, -0.1) is 0 Å². The molecular formula is C23H21BrCl3NO4. The van der Waals surface area contributed by atoms with Crippen molar-refractivity contribution in [1.82, 2.24) is 4.90 Å². The van der Waals surface area contributed by atoms with Gasteiger partial charge in [0.25, 0.3) is 0 Å². The van der Waals surface area contributed by atoms with E-state index in [1.807, 2.05) is 18.2 Å². The van der Waals surface area contributed by atoms with Crippen molar-refractivity contribution < 1.29 is 18.9 Å². The van der Waals surface area contributed by atoms with Crippen molar-refractivity contribution in [3.8, 4) is 23.0 Å². The van der Waals surface area contributed by atoms with Crippen LogP contribution >= 0.6 is 50.7 Å². The van der Waals surface area contributed by atoms with Crippen LogP contribution in [0.1, 0.15) is 34.7 Å². The van der Waals surface area contributed by atoms with Crippen molar-refractivity contribution in [2.75, 3.05) is 32.4 Å². The summed E-state index contributed by atoms with van der Waals surface area (Å²) in [5.74, 6) is 2.75. The first-order valence-electron chi connectivity index (χ1n) is 10.3. The number of methoxy groups -OCH3 is 1. The van der Waals surface area contributed by atoms with E-state index >= 15 is 0 Å². The fraction of sp³-hybridized carbons (Fsp3) is 0.391. The first-order chi connectivity index (χ1) is 15.4. The summed E-state index contributed by atoms with van der Waals surface area (Å²) in [7, 11) is 1.62. The number of nitrogens with zero attached hydrogens (tertiary/aromatic N) is 1. The first kappa shape index (κ1) is 22.3. The molecule has 170 valence electrons. The summed E-state index contributed by atoms with van der Waals surface area (Å²) in [6, 6.07) is 7.41. The van der Waals surface area contributed by atoms with Gasteiger partial charge in [-0.05, 0) is 48.2 Å². The van der Waals surface area contributed by atoms with Crippen molar-refractivity contribution in [2.45, 2.75) is 22.7 Å². The molecule has 0 spiro atoms. The number of rotatable bonds is 5. The van der Waals surface area contributed by atoms with Crippen LogP contribution in [-0.2, 0) is 6.42 Å². The van der Waals surface area contributed by atoms with Gasteiger partial charge in [-0.2, -0.15) is 0 Å². The van der Waals surface area contributed by atoms with Gasteiger partial charge in [0.15, 0.2) is 23.0 Å². The Morgan fingerprint density at radius 3 is 2.69 bits per heavy atom. The fourth-order valence-electron chi connectivity index (χ4n) is 4.56. The van der Waals surface area contributed by atoms with Crippen LogP contribution in [0.2, 0.25) is 0 Å². The van der Waals surface area contributed by atoms with Crippen molar-refractivity contribution in [2.24, 2.45) is 0 Å².